The van der Waals surface area contributed by atoms with Crippen molar-refractivity contribution >= 4 is 27.3 Å². The first kappa shape index (κ1) is 26.7. The number of fused-ring (bicyclic) bond motifs is 6. The van der Waals surface area contributed by atoms with Crippen LogP contribution < -0.4 is 9.47 Å². The second kappa shape index (κ2) is 10.8. The molecular formula is C34H24N4O2Pt. The van der Waals surface area contributed by atoms with E-state index in [2.05, 4.69) is 82.0 Å². The van der Waals surface area contributed by atoms with E-state index in [9.17, 15) is 0 Å². The van der Waals surface area contributed by atoms with Crippen molar-refractivity contribution in [1.82, 2.24) is 19.6 Å². The standard InChI is InChI=1S/C34H24N4O2.Pt/c1-21-10-4-5-14-26(21)33-36-37-34-28-20-30(23(3)18-27(28)32-22(2)11-8-15-29(32)38(33)34)39-24-12-9-13-25(19-24)40-31-16-6-7-17-35-31;/h4-18H,1-3H3;/q-2;+2. The molecule has 0 atom stereocenters. The van der Waals surface area contributed by atoms with Gasteiger partial charge in [0.15, 0.2) is 5.82 Å². The van der Waals surface area contributed by atoms with Crippen molar-refractivity contribution in [1.29, 1.82) is 0 Å². The molecule has 0 spiro atoms. The third-order valence-electron chi connectivity index (χ3n) is 7.07. The minimum atomic E-state index is 0. The minimum Gasteiger partial charge on any atom is -0.503 e. The third-order valence-corrected chi connectivity index (χ3v) is 7.07. The van der Waals surface area contributed by atoms with Crippen molar-refractivity contribution in [3.8, 4) is 34.5 Å². The first-order valence-electron chi connectivity index (χ1n) is 13.0. The predicted octanol–water partition coefficient (Wildman–Crippen LogP) is 8.21. The van der Waals surface area contributed by atoms with Crippen LogP contribution in [0, 0.1) is 32.9 Å². The van der Waals surface area contributed by atoms with Gasteiger partial charge in [-0.15, -0.1) is 23.3 Å². The van der Waals surface area contributed by atoms with Crippen LogP contribution in [-0.4, -0.2) is 19.6 Å². The molecule has 3 aromatic heterocycles. The Morgan fingerprint density at radius 2 is 1.46 bits per heavy atom. The largest absolute Gasteiger partial charge is 2.00 e. The molecule has 0 fully saturated rings. The molecule has 202 valence electrons. The molecule has 7 rings (SSSR count). The Morgan fingerprint density at radius 1 is 0.707 bits per heavy atom. The fourth-order valence-electron chi connectivity index (χ4n) is 5.15. The van der Waals surface area contributed by atoms with Crippen molar-refractivity contribution < 1.29 is 30.5 Å². The first-order valence-corrected chi connectivity index (χ1v) is 13.0. The van der Waals surface area contributed by atoms with E-state index < -0.39 is 0 Å². The van der Waals surface area contributed by atoms with Crippen LogP contribution in [0.5, 0.6) is 23.1 Å². The van der Waals surface area contributed by atoms with Crippen molar-refractivity contribution in [3.05, 3.63) is 120 Å². The summed E-state index contributed by atoms with van der Waals surface area (Å²) in [4.78, 5) is 4.22. The monoisotopic (exact) mass is 715 g/mol. The van der Waals surface area contributed by atoms with Crippen molar-refractivity contribution in [3.63, 3.8) is 0 Å². The molecule has 0 bridgehead atoms. The summed E-state index contributed by atoms with van der Waals surface area (Å²) in [6.07, 6.45) is 1.68. The summed E-state index contributed by atoms with van der Waals surface area (Å²) >= 11 is 0. The number of aromatic nitrogens is 4. The number of aryl methyl sites for hydroxylation is 3. The maximum atomic E-state index is 6.33. The maximum absolute atomic E-state index is 6.33. The van der Waals surface area contributed by atoms with Crippen LogP contribution in [0.1, 0.15) is 16.7 Å². The van der Waals surface area contributed by atoms with Crippen molar-refractivity contribution in [2.24, 2.45) is 0 Å². The zero-order chi connectivity index (χ0) is 27.2. The molecule has 0 unspecified atom stereocenters. The molecule has 41 heavy (non-hydrogen) atoms. The first-order chi connectivity index (χ1) is 19.6. The van der Waals surface area contributed by atoms with E-state index in [0.717, 1.165) is 49.8 Å². The van der Waals surface area contributed by atoms with Gasteiger partial charge in [0.05, 0.1) is 5.65 Å². The number of rotatable bonds is 5. The number of benzene rings is 4. The van der Waals surface area contributed by atoms with Crippen LogP contribution in [-0.2, 0) is 21.1 Å². The molecule has 6 nitrogen and oxygen atoms in total. The van der Waals surface area contributed by atoms with Gasteiger partial charge in [0.1, 0.15) is 0 Å². The molecule has 0 N–H and O–H groups in total. The van der Waals surface area contributed by atoms with E-state index in [1.165, 1.54) is 5.56 Å². The third kappa shape index (κ3) is 4.75. The average molecular weight is 716 g/mol. The molecule has 0 amide bonds. The summed E-state index contributed by atoms with van der Waals surface area (Å²) in [5.41, 5.74) is 6.08. The van der Waals surface area contributed by atoms with Crippen LogP contribution in [0.2, 0.25) is 0 Å². The zero-order valence-electron chi connectivity index (χ0n) is 22.6. The van der Waals surface area contributed by atoms with E-state index in [-0.39, 0.29) is 21.1 Å². The minimum absolute atomic E-state index is 0. The smallest absolute Gasteiger partial charge is 0.503 e. The number of pyridine rings is 2. The zero-order valence-corrected chi connectivity index (χ0v) is 24.9. The number of hydrogen-bond acceptors (Lipinski definition) is 5. The Morgan fingerprint density at radius 3 is 2.27 bits per heavy atom. The van der Waals surface area contributed by atoms with E-state index >= 15 is 0 Å². The fourth-order valence-corrected chi connectivity index (χ4v) is 5.15. The van der Waals surface area contributed by atoms with Gasteiger partial charge in [-0.05, 0) is 36.9 Å². The van der Waals surface area contributed by atoms with Gasteiger partial charge in [-0.1, -0.05) is 83.4 Å². The second-order valence-corrected chi connectivity index (χ2v) is 9.79. The van der Waals surface area contributed by atoms with Gasteiger partial charge in [0.25, 0.3) is 0 Å². The summed E-state index contributed by atoms with van der Waals surface area (Å²) in [7, 11) is 0. The summed E-state index contributed by atoms with van der Waals surface area (Å²) in [6, 6.07) is 34.5. The Kier molecular flexibility index (Phi) is 7.02. The van der Waals surface area contributed by atoms with Gasteiger partial charge < -0.3 is 13.9 Å². The summed E-state index contributed by atoms with van der Waals surface area (Å²) in [6.45, 7) is 6.25. The van der Waals surface area contributed by atoms with Gasteiger partial charge >= 0.3 is 21.1 Å². The summed E-state index contributed by atoms with van der Waals surface area (Å²) < 4.78 is 14.3. The van der Waals surface area contributed by atoms with Crippen LogP contribution in [0.4, 0.5) is 0 Å². The van der Waals surface area contributed by atoms with Gasteiger partial charge in [-0.25, -0.2) is 4.98 Å². The Hall–Kier alpha value is -4.54. The molecule has 0 aliphatic carbocycles. The van der Waals surface area contributed by atoms with E-state index in [1.807, 2.05) is 49.4 Å². The fraction of sp³-hybridized carbons (Fsp3) is 0.0882. The Balaban J connectivity index is 0.00000302. The molecule has 7 heteroatoms. The van der Waals surface area contributed by atoms with Gasteiger partial charge in [-0.2, -0.15) is 11.2 Å². The van der Waals surface area contributed by atoms with Crippen LogP contribution in [0.15, 0.2) is 91.1 Å². The molecule has 0 aliphatic rings. The van der Waals surface area contributed by atoms with Gasteiger partial charge in [-0.3, -0.25) is 0 Å². The SMILES string of the molecule is Cc1cc2c([c-]c1Oc1[c-]c(Oc3ccccn3)ccc1)c1nnc(-c3ccccc3C)n1c1cccc(C)c21.[Pt+2]. The van der Waals surface area contributed by atoms with Gasteiger partial charge in [0, 0.05) is 40.6 Å². The molecule has 0 radical (unpaired) electrons. The van der Waals surface area contributed by atoms with E-state index in [0.29, 0.717) is 23.1 Å². The number of ether oxygens (including phenoxy) is 2. The Labute approximate surface area is 251 Å². The predicted molar refractivity (Wildman–Crippen MR) is 156 cm³/mol. The molecule has 0 saturated heterocycles. The normalized spacial score (nSPS) is 11.1. The van der Waals surface area contributed by atoms with Crippen molar-refractivity contribution in [2.45, 2.75) is 20.8 Å². The molecule has 0 saturated carbocycles. The topological polar surface area (TPSA) is 61.5 Å². The molecule has 4 aromatic carbocycles. The van der Waals surface area contributed by atoms with E-state index in [1.54, 1.807) is 12.3 Å². The summed E-state index contributed by atoms with van der Waals surface area (Å²) in [5, 5.41) is 12.4. The maximum Gasteiger partial charge on any atom is 2.00 e. The van der Waals surface area contributed by atoms with Gasteiger partial charge in [0.2, 0.25) is 5.88 Å². The number of hydrogen-bond donors (Lipinski definition) is 0. The number of nitrogens with zero attached hydrogens (tertiary/aromatic N) is 4. The van der Waals surface area contributed by atoms with Crippen molar-refractivity contribution in [2.75, 3.05) is 0 Å². The average Bonchev–Trinajstić information content (AvgIpc) is 3.40. The second-order valence-electron chi connectivity index (χ2n) is 9.79. The van der Waals surface area contributed by atoms with Crippen LogP contribution in [0.3, 0.4) is 0 Å². The van der Waals surface area contributed by atoms with E-state index in [4.69, 9.17) is 9.47 Å². The van der Waals surface area contributed by atoms with Crippen LogP contribution in [0.25, 0.3) is 38.7 Å². The molecular weight excluding hydrogens is 691 g/mol. The molecule has 0 aliphatic heterocycles. The molecule has 7 aromatic rings. The quantitative estimate of drug-likeness (QED) is 0.133. The van der Waals surface area contributed by atoms with Crippen LogP contribution >= 0.6 is 0 Å². The Bertz CT molecular complexity index is 2050. The summed E-state index contributed by atoms with van der Waals surface area (Å²) in [5.74, 6) is 2.91. The molecule has 3 heterocycles.